The van der Waals surface area contributed by atoms with Gasteiger partial charge in [0.05, 0.1) is 27.0 Å². The van der Waals surface area contributed by atoms with E-state index in [-0.39, 0.29) is 39.6 Å². The van der Waals surface area contributed by atoms with Gasteiger partial charge in [0, 0.05) is 24.5 Å². The molecule has 0 aliphatic carbocycles. The number of carbonyl (C=O) groups excluding carboxylic acids is 2. The molecule has 0 spiro atoms. The second-order valence-corrected chi connectivity index (χ2v) is 12.7. The van der Waals surface area contributed by atoms with Crippen LogP contribution in [0.4, 0.5) is 5.69 Å². The molecule has 3 aromatic rings. The molecule has 0 saturated carbocycles. The third-order valence-corrected chi connectivity index (χ3v) is 8.43. The van der Waals surface area contributed by atoms with E-state index in [0.29, 0.717) is 23.6 Å². The first-order chi connectivity index (χ1) is 18.9. The van der Waals surface area contributed by atoms with Gasteiger partial charge in [0.15, 0.2) is 0 Å². The number of sulfonamides is 1. The predicted octanol–water partition coefficient (Wildman–Crippen LogP) is 6.23. The van der Waals surface area contributed by atoms with Crippen molar-refractivity contribution in [2.75, 3.05) is 23.7 Å². The van der Waals surface area contributed by atoms with Gasteiger partial charge in [-0.05, 0) is 47.9 Å². The molecule has 7 nitrogen and oxygen atoms in total. The molecule has 1 atom stereocenters. The van der Waals surface area contributed by atoms with Gasteiger partial charge in [0.1, 0.15) is 12.6 Å². The Morgan fingerprint density at radius 3 is 2.17 bits per heavy atom. The summed E-state index contributed by atoms with van der Waals surface area (Å²) in [7, 11) is -3.99. The number of benzene rings is 3. The van der Waals surface area contributed by atoms with Crippen molar-refractivity contribution >= 4 is 73.9 Å². The van der Waals surface area contributed by atoms with E-state index in [0.717, 1.165) is 16.1 Å². The number of hydrogen-bond acceptors (Lipinski definition) is 4. The number of amides is 2. The van der Waals surface area contributed by atoms with E-state index in [1.54, 1.807) is 18.2 Å². The monoisotopic (exact) mass is 643 g/mol. The molecule has 214 valence electrons. The zero-order valence-corrected chi connectivity index (χ0v) is 25.8. The summed E-state index contributed by atoms with van der Waals surface area (Å²) in [4.78, 5) is 28.9. The highest BCUT2D eigenvalue weighted by Crippen LogP contribution is 2.31. The van der Waals surface area contributed by atoms with E-state index in [9.17, 15) is 18.0 Å². The van der Waals surface area contributed by atoms with E-state index in [1.165, 1.54) is 23.1 Å². The highest BCUT2D eigenvalue weighted by Gasteiger charge is 2.33. The van der Waals surface area contributed by atoms with Gasteiger partial charge in [-0.25, -0.2) is 8.42 Å². The standard InChI is InChI=1S/C28H29Cl4N3O4S/c1-3-13-33-28(37)26(15-19-7-5-4-6-8-19)34(17-20-9-11-22(30)24(32)14-20)27(36)18-35(40(2,38)39)25-16-21(29)10-12-23(25)31/h4-12,14,16,26H,3,13,15,17-18H2,1-2H3,(H,33,37)/t26-/m0/s1. The molecular weight excluding hydrogens is 616 g/mol. The quantitative estimate of drug-likeness (QED) is 0.253. The Balaban J connectivity index is 2.09. The van der Waals surface area contributed by atoms with Crippen molar-refractivity contribution in [2.24, 2.45) is 0 Å². The molecule has 3 aromatic carbocycles. The lowest BCUT2D eigenvalue weighted by Crippen LogP contribution is -2.53. The molecule has 0 aromatic heterocycles. The van der Waals surface area contributed by atoms with Gasteiger partial charge in [0.2, 0.25) is 21.8 Å². The molecule has 0 heterocycles. The van der Waals surface area contributed by atoms with Crippen LogP contribution in [0.25, 0.3) is 0 Å². The van der Waals surface area contributed by atoms with Gasteiger partial charge < -0.3 is 10.2 Å². The SMILES string of the molecule is CCCNC(=O)[C@H](Cc1ccccc1)N(Cc1ccc(Cl)c(Cl)c1)C(=O)CN(c1cc(Cl)ccc1Cl)S(C)(=O)=O. The average molecular weight is 645 g/mol. The number of nitrogens with zero attached hydrogens (tertiary/aromatic N) is 2. The van der Waals surface area contributed by atoms with Crippen LogP contribution in [0.2, 0.25) is 20.1 Å². The molecule has 0 bridgehead atoms. The molecule has 0 saturated heterocycles. The Labute approximate surface area is 255 Å². The van der Waals surface area contributed by atoms with Crippen molar-refractivity contribution in [3.63, 3.8) is 0 Å². The first kappa shape index (κ1) is 32.0. The summed E-state index contributed by atoms with van der Waals surface area (Å²) in [6, 6.07) is 17.5. The van der Waals surface area contributed by atoms with Crippen LogP contribution in [0.1, 0.15) is 24.5 Å². The lowest BCUT2D eigenvalue weighted by Gasteiger charge is -2.33. The fourth-order valence-corrected chi connectivity index (χ4v) is 5.64. The molecule has 12 heteroatoms. The van der Waals surface area contributed by atoms with Gasteiger partial charge in [0.25, 0.3) is 0 Å². The van der Waals surface area contributed by atoms with Gasteiger partial charge in [-0.1, -0.05) is 89.7 Å². The Kier molecular flexibility index (Phi) is 11.5. The Morgan fingerprint density at radius 1 is 0.875 bits per heavy atom. The van der Waals surface area contributed by atoms with Crippen LogP contribution in [0.3, 0.4) is 0 Å². The summed E-state index contributed by atoms with van der Waals surface area (Å²) in [6.07, 6.45) is 1.86. The van der Waals surface area contributed by atoms with Crippen molar-refractivity contribution in [1.82, 2.24) is 10.2 Å². The third kappa shape index (κ3) is 8.75. The third-order valence-electron chi connectivity index (χ3n) is 6.01. The maximum Gasteiger partial charge on any atom is 0.244 e. The first-order valence-electron chi connectivity index (χ1n) is 12.4. The maximum absolute atomic E-state index is 14.0. The summed E-state index contributed by atoms with van der Waals surface area (Å²) in [5, 5.41) is 3.84. The van der Waals surface area contributed by atoms with Crippen LogP contribution < -0.4 is 9.62 Å². The highest BCUT2D eigenvalue weighted by atomic mass is 35.5. The summed E-state index contributed by atoms with van der Waals surface area (Å²) in [6.45, 7) is 1.68. The van der Waals surface area contributed by atoms with E-state index >= 15 is 0 Å². The van der Waals surface area contributed by atoms with Gasteiger partial charge in [-0.3, -0.25) is 13.9 Å². The number of anilines is 1. The normalized spacial score (nSPS) is 12.1. The molecule has 3 rings (SSSR count). The second-order valence-electron chi connectivity index (χ2n) is 9.13. The fourth-order valence-electron chi connectivity index (χ4n) is 4.03. The zero-order valence-electron chi connectivity index (χ0n) is 21.9. The molecule has 1 N–H and O–H groups in total. The zero-order chi connectivity index (χ0) is 29.4. The van der Waals surface area contributed by atoms with Gasteiger partial charge >= 0.3 is 0 Å². The van der Waals surface area contributed by atoms with Crippen molar-refractivity contribution in [2.45, 2.75) is 32.4 Å². The van der Waals surface area contributed by atoms with Crippen LogP contribution >= 0.6 is 46.4 Å². The molecule has 40 heavy (non-hydrogen) atoms. The smallest absolute Gasteiger partial charge is 0.244 e. The predicted molar refractivity (Wildman–Crippen MR) is 163 cm³/mol. The summed E-state index contributed by atoms with van der Waals surface area (Å²) in [5.41, 5.74) is 1.48. The molecule has 0 aliphatic heterocycles. The topological polar surface area (TPSA) is 86.8 Å². The first-order valence-corrected chi connectivity index (χ1v) is 15.7. The highest BCUT2D eigenvalue weighted by molar-refractivity contribution is 7.92. The number of carbonyl (C=O) groups is 2. The largest absolute Gasteiger partial charge is 0.354 e. The van der Waals surface area contributed by atoms with Gasteiger partial charge in [-0.15, -0.1) is 0 Å². The summed E-state index contributed by atoms with van der Waals surface area (Å²) >= 11 is 24.8. The van der Waals surface area contributed by atoms with E-state index in [2.05, 4.69) is 5.32 Å². The number of hydrogen-bond donors (Lipinski definition) is 1. The number of nitrogens with one attached hydrogen (secondary N) is 1. The molecule has 0 fully saturated rings. The van der Waals surface area contributed by atoms with Crippen LogP contribution in [0.15, 0.2) is 66.7 Å². The van der Waals surface area contributed by atoms with E-state index in [1.807, 2.05) is 37.3 Å². The lowest BCUT2D eigenvalue weighted by molar-refractivity contribution is -0.140. The van der Waals surface area contributed by atoms with Gasteiger partial charge in [-0.2, -0.15) is 0 Å². The minimum atomic E-state index is -3.99. The Morgan fingerprint density at radius 2 is 1.55 bits per heavy atom. The number of halogens is 4. The van der Waals surface area contributed by atoms with Crippen molar-refractivity contribution in [3.8, 4) is 0 Å². The molecule has 0 unspecified atom stereocenters. The molecule has 0 aliphatic rings. The number of rotatable bonds is 12. The van der Waals surface area contributed by atoms with Crippen LogP contribution in [0.5, 0.6) is 0 Å². The lowest BCUT2D eigenvalue weighted by atomic mass is 10.0. The van der Waals surface area contributed by atoms with E-state index in [4.69, 9.17) is 46.4 Å². The van der Waals surface area contributed by atoms with Crippen molar-refractivity contribution in [3.05, 3.63) is 97.9 Å². The van der Waals surface area contributed by atoms with Crippen molar-refractivity contribution < 1.29 is 18.0 Å². The van der Waals surface area contributed by atoms with Crippen LogP contribution in [0, 0.1) is 0 Å². The van der Waals surface area contributed by atoms with Crippen LogP contribution in [-0.2, 0) is 32.6 Å². The summed E-state index contributed by atoms with van der Waals surface area (Å²) in [5.74, 6) is -0.995. The minimum Gasteiger partial charge on any atom is -0.354 e. The molecule has 0 radical (unpaired) electrons. The second kappa shape index (κ2) is 14.4. The van der Waals surface area contributed by atoms with E-state index < -0.39 is 28.5 Å². The van der Waals surface area contributed by atoms with Crippen molar-refractivity contribution in [1.29, 1.82) is 0 Å². The minimum absolute atomic E-state index is 0.0341. The maximum atomic E-state index is 14.0. The molecule has 2 amide bonds. The Hall–Kier alpha value is -2.49. The Bertz CT molecular complexity index is 1460. The summed E-state index contributed by atoms with van der Waals surface area (Å²) < 4.78 is 26.6. The fraction of sp³-hybridized carbons (Fsp3) is 0.286. The average Bonchev–Trinajstić information content (AvgIpc) is 2.91. The molecular formula is C28H29Cl4N3O4S. The van der Waals surface area contributed by atoms with Crippen LogP contribution in [-0.4, -0.2) is 50.5 Å².